The summed E-state index contributed by atoms with van der Waals surface area (Å²) in [6.45, 7) is 5.42. The lowest BCUT2D eigenvalue weighted by atomic mass is 10.2. The van der Waals surface area contributed by atoms with Gasteiger partial charge in [-0.2, -0.15) is 0 Å². The predicted octanol–water partition coefficient (Wildman–Crippen LogP) is 3.63. The number of carbonyl (C=O) groups excluding carboxylic acids is 1. The van der Waals surface area contributed by atoms with Crippen LogP contribution in [0.15, 0.2) is 41.8 Å². The van der Waals surface area contributed by atoms with E-state index >= 15 is 0 Å². The van der Waals surface area contributed by atoms with E-state index in [1.54, 1.807) is 11.0 Å². The van der Waals surface area contributed by atoms with Gasteiger partial charge in [0.2, 0.25) is 0 Å². The molecule has 6 heteroatoms. The molecule has 1 aromatic rings. The van der Waals surface area contributed by atoms with Gasteiger partial charge in [-0.1, -0.05) is 48.8 Å². The molecule has 3 rings (SSSR count). The highest BCUT2D eigenvalue weighted by Gasteiger charge is 2.34. The highest BCUT2D eigenvalue weighted by molar-refractivity contribution is 8.26. The first-order valence-corrected chi connectivity index (χ1v) is 9.10. The van der Waals surface area contributed by atoms with Gasteiger partial charge in [0.25, 0.3) is 5.91 Å². The smallest absolute Gasteiger partial charge is 0.266 e. The van der Waals surface area contributed by atoms with Gasteiger partial charge in [-0.3, -0.25) is 9.69 Å². The fourth-order valence-electron chi connectivity index (χ4n) is 2.62. The molecule has 24 heavy (non-hydrogen) atoms. The van der Waals surface area contributed by atoms with Crippen molar-refractivity contribution in [1.82, 2.24) is 4.90 Å². The Morgan fingerprint density at radius 1 is 1.42 bits per heavy atom. The Morgan fingerprint density at radius 2 is 2.21 bits per heavy atom. The van der Waals surface area contributed by atoms with Gasteiger partial charge in [0.05, 0.1) is 17.6 Å². The molecule has 0 unspecified atom stereocenters. The molecule has 0 aromatic heterocycles. The highest BCUT2D eigenvalue weighted by Crippen LogP contribution is 2.33. The largest absolute Gasteiger partial charge is 0.490 e. The molecule has 2 aliphatic rings. The summed E-state index contributed by atoms with van der Waals surface area (Å²) >= 11 is 6.70. The molecule has 2 heterocycles. The molecular weight excluding hydrogens is 342 g/mol. The van der Waals surface area contributed by atoms with Crippen molar-refractivity contribution in [2.75, 3.05) is 19.8 Å². The second-order valence-corrected chi connectivity index (χ2v) is 7.27. The topological polar surface area (TPSA) is 38.8 Å². The van der Waals surface area contributed by atoms with Gasteiger partial charge in [-0.15, -0.1) is 0 Å². The lowest BCUT2D eigenvalue weighted by Crippen LogP contribution is -2.35. The number of carbonyl (C=O) groups is 1. The van der Waals surface area contributed by atoms with Crippen molar-refractivity contribution >= 4 is 40.3 Å². The van der Waals surface area contributed by atoms with Gasteiger partial charge in [-0.25, -0.2) is 0 Å². The number of amides is 1. The molecule has 0 saturated carbocycles. The van der Waals surface area contributed by atoms with Gasteiger partial charge in [0, 0.05) is 6.61 Å². The Bertz CT molecular complexity index is 663. The van der Waals surface area contributed by atoms with Crippen LogP contribution in [0.5, 0.6) is 5.75 Å². The van der Waals surface area contributed by atoms with Gasteiger partial charge < -0.3 is 9.47 Å². The van der Waals surface area contributed by atoms with Crippen molar-refractivity contribution in [3.8, 4) is 5.75 Å². The van der Waals surface area contributed by atoms with E-state index in [9.17, 15) is 4.79 Å². The van der Waals surface area contributed by atoms with E-state index in [4.69, 9.17) is 21.7 Å². The zero-order chi connectivity index (χ0) is 16.9. The van der Waals surface area contributed by atoms with Crippen LogP contribution in [0.25, 0.3) is 6.08 Å². The van der Waals surface area contributed by atoms with Crippen molar-refractivity contribution < 1.29 is 14.3 Å². The van der Waals surface area contributed by atoms with Crippen molar-refractivity contribution in [3.63, 3.8) is 0 Å². The van der Waals surface area contributed by atoms with E-state index in [1.807, 2.05) is 30.3 Å². The molecule has 0 aliphatic carbocycles. The summed E-state index contributed by atoms with van der Waals surface area (Å²) in [5, 5.41) is 0. The van der Waals surface area contributed by atoms with E-state index < -0.39 is 0 Å². The fourth-order valence-corrected chi connectivity index (χ4v) is 3.89. The molecule has 2 aliphatic heterocycles. The summed E-state index contributed by atoms with van der Waals surface area (Å²) in [4.78, 5) is 14.9. The second kappa shape index (κ2) is 7.96. The Labute approximate surface area is 151 Å². The van der Waals surface area contributed by atoms with E-state index in [0.717, 1.165) is 30.8 Å². The van der Waals surface area contributed by atoms with Crippen LogP contribution in [0.3, 0.4) is 0 Å². The maximum Gasteiger partial charge on any atom is 0.266 e. The summed E-state index contributed by atoms with van der Waals surface area (Å²) < 4.78 is 11.7. The van der Waals surface area contributed by atoms with Crippen LogP contribution in [-0.2, 0) is 9.53 Å². The number of hydrogen-bond donors (Lipinski definition) is 0. The maximum absolute atomic E-state index is 12.6. The lowest BCUT2D eigenvalue weighted by Gasteiger charge is -2.18. The minimum atomic E-state index is -0.0347. The quantitative estimate of drug-likeness (QED) is 0.439. The van der Waals surface area contributed by atoms with Gasteiger partial charge in [0.15, 0.2) is 0 Å². The Hall–Kier alpha value is -1.63. The Morgan fingerprint density at radius 3 is 2.88 bits per heavy atom. The predicted molar refractivity (Wildman–Crippen MR) is 101 cm³/mol. The summed E-state index contributed by atoms with van der Waals surface area (Å²) in [5.41, 5.74) is 0.943. The van der Waals surface area contributed by atoms with Gasteiger partial charge >= 0.3 is 0 Å². The summed E-state index contributed by atoms with van der Waals surface area (Å²) in [6.07, 6.45) is 5.71. The maximum atomic E-state index is 12.6. The number of benzene rings is 1. The van der Waals surface area contributed by atoms with Gasteiger partial charge in [-0.05, 0) is 36.6 Å². The number of thioether (sulfide) groups is 1. The van der Waals surface area contributed by atoms with Crippen LogP contribution >= 0.6 is 24.0 Å². The third-order valence-corrected chi connectivity index (χ3v) is 5.21. The molecule has 2 fully saturated rings. The average molecular weight is 361 g/mol. The molecule has 0 bridgehead atoms. The molecule has 126 valence electrons. The first kappa shape index (κ1) is 17.2. The monoisotopic (exact) mass is 361 g/mol. The molecule has 1 atom stereocenters. The normalized spacial score (nSPS) is 22.4. The van der Waals surface area contributed by atoms with E-state index in [0.29, 0.717) is 22.4 Å². The van der Waals surface area contributed by atoms with Crippen LogP contribution in [0.4, 0.5) is 0 Å². The highest BCUT2D eigenvalue weighted by atomic mass is 32.2. The van der Waals surface area contributed by atoms with E-state index in [-0.39, 0.29) is 12.0 Å². The van der Waals surface area contributed by atoms with Crippen LogP contribution in [-0.4, -0.2) is 41.0 Å². The Kier molecular flexibility index (Phi) is 5.71. The summed E-state index contributed by atoms with van der Waals surface area (Å²) in [6, 6.07) is 7.60. The van der Waals surface area contributed by atoms with Crippen LogP contribution in [0.2, 0.25) is 0 Å². The minimum Gasteiger partial charge on any atom is -0.490 e. The molecule has 0 radical (unpaired) electrons. The van der Waals surface area contributed by atoms with Crippen molar-refractivity contribution in [3.05, 3.63) is 47.4 Å². The zero-order valence-electron chi connectivity index (χ0n) is 13.3. The zero-order valence-corrected chi connectivity index (χ0v) is 14.9. The van der Waals surface area contributed by atoms with Crippen molar-refractivity contribution in [2.24, 2.45) is 0 Å². The molecule has 0 spiro atoms. The molecule has 4 nitrogen and oxygen atoms in total. The summed E-state index contributed by atoms with van der Waals surface area (Å²) in [5.74, 6) is 0.741. The first-order chi connectivity index (χ1) is 11.7. The molecule has 1 aromatic carbocycles. The molecule has 1 amide bonds. The average Bonchev–Trinajstić information content (AvgIpc) is 3.19. The summed E-state index contributed by atoms with van der Waals surface area (Å²) in [7, 11) is 0. The third kappa shape index (κ3) is 4.06. The third-order valence-electron chi connectivity index (χ3n) is 3.83. The molecular formula is C18H19NO3S2. The SMILES string of the molecule is C=CCOc1ccc(/C=C2\SC(=S)N(C[C@H]3CCCO3)C2=O)cc1. The molecule has 2 saturated heterocycles. The van der Waals surface area contributed by atoms with Crippen LogP contribution in [0.1, 0.15) is 18.4 Å². The van der Waals surface area contributed by atoms with E-state index in [1.165, 1.54) is 11.8 Å². The number of hydrogen-bond acceptors (Lipinski definition) is 5. The van der Waals surface area contributed by atoms with Crippen molar-refractivity contribution in [2.45, 2.75) is 18.9 Å². The lowest BCUT2D eigenvalue weighted by molar-refractivity contribution is -0.123. The fraction of sp³-hybridized carbons (Fsp3) is 0.333. The van der Waals surface area contributed by atoms with Gasteiger partial charge in [0.1, 0.15) is 16.7 Å². The van der Waals surface area contributed by atoms with Crippen LogP contribution < -0.4 is 4.74 Å². The number of rotatable bonds is 6. The van der Waals surface area contributed by atoms with E-state index in [2.05, 4.69) is 6.58 Å². The first-order valence-electron chi connectivity index (χ1n) is 7.88. The Balaban J connectivity index is 1.67. The standard InChI is InChI=1S/C18H19NO3S2/c1-2-9-21-14-7-5-13(6-8-14)11-16-17(20)19(18(23)24-16)12-15-4-3-10-22-15/h2,5-8,11,15H,1,3-4,9-10,12H2/b16-11-/t15-/m1/s1. The number of ether oxygens (including phenoxy) is 2. The molecule has 0 N–H and O–H groups in total. The minimum absolute atomic E-state index is 0.0347. The van der Waals surface area contributed by atoms with Crippen LogP contribution in [0, 0.1) is 0 Å². The number of nitrogens with zero attached hydrogens (tertiary/aromatic N) is 1. The number of thiocarbonyl (C=S) groups is 1. The van der Waals surface area contributed by atoms with Crippen molar-refractivity contribution in [1.29, 1.82) is 0 Å². The second-order valence-electron chi connectivity index (χ2n) is 5.60.